The van der Waals surface area contributed by atoms with E-state index in [1.165, 1.54) is 61.6 Å². The van der Waals surface area contributed by atoms with Crippen molar-refractivity contribution in [3.8, 4) is 0 Å². The highest BCUT2D eigenvalue weighted by Crippen LogP contribution is 2.13. The van der Waals surface area contributed by atoms with E-state index in [9.17, 15) is 29.4 Å². The van der Waals surface area contributed by atoms with Gasteiger partial charge in [-0.3, -0.25) is 0 Å². The van der Waals surface area contributed by atoms with Crippen molar-refractivity contribution in [2.75, 3.05) is 0 Å². The molecule has 0 aliphatic carbocycles. The van der Waals surface area contributed by atoms with Crippen molar-refractivity contribution < 1.29 is 38.9 Å². The first-order valence-corrected chi connectivity index (χ1v) is 8.18. The van der Waals surface area contributed by atoms with Crippen LogP contribution in [0.15, 0.2) is 85.6 Å². The maximum absolute atomic E-state index is 12.2. The second-order valence-electron chi connectivity index (χ2n) is 5.12. The fourth-order valence-corrected chi connectivity index (χ4v) is 1.79. The molecule has 0 amide bonds. The van der Waals surface area contributed by atoms with E-state index in [4.69, 9.17) is 9.47 Å². The third-order valence-electron chi connectivity index (χ3n) is 3.13. The van der Waals surface area contributed by atoms with Crippen molar-refractivity contribution >= 4 is 23.9 Å². The Balaban J connectivity index is 5.77. The number of carbonyl (C=O) groups is 4. The number of hydrogen-bond acceptors (Lipinski definition) is 6. The maximum atomic E-state index is 12.2. The molecule has 8 heteroatoms. The highest BCUT2D eigenvalue weighted by atomic mass is 16.6. The van der Waals surface area contributed by atoms with Gasteiger partial charge in [-0.05, 0) is 25.2 Å². The van der Waals surface area contributed by atoms with Gasteiger partial charge in [-0.15, -0.1) is 0 Å². The number of rotatable bonds is 12. The molecule has 154 valence electrons. The van der Waals surface area contributed by atoms with E-state index in [1.807, 2.05) is 0 Å². The third-order valence-corrected chi connectivity index (χ3v) is 3.13. The summed E-state index contributed by atoms with van der Waals surface area (Å²) in [5, 5.41) is 18.7. The van der Waals surface area contributed by atoms with E-state index in [2.05, 4.69) is 19.7 Å². The monoisotopic (exact) mass is 402 g/mol. The zero-order valence-electron chi connectivity index (χ0n) is 15.8. The van der Waals surface area contributed by atoms with Crippen LogP contribution in [-0.2, 0) is 28.7 Å². The number of carboxylic acid groups (broad SMARTS) is 2. The van der Waals surface area contributed by atoms with Crippen LogP contribution in [0, 0.1) is 0 Å². The highest BCUT2D eigenvalue weighted by molar-refractivity contribution is 5.96. The van der Waals surface area contributed by atoms with Crippen molar-refractivity contribution in [3.63, 3.8) is 0 Å². The van der Waals surface area contributed by atoms with Crippen molar-refractivity contribution in [2.24, 2.45) is 0 Å². The van der Waals surface area contributed by atoms with Crippen molar-refractivity contribution in [1.29, 1.82) is 0 Å². The SMILES string of the molecule is C=C/C=C\C(=C/C)C(=O)O[C@H](C(=O)O)[C@H](OC(=O)C(/C=C\C=C)=C/C=C)C(=O)O. The fourth-order valence-electron chi connectivity index (χ4n) is 1.79. The highest BCUT2D eigenvalue weighted by Gasteiger charge is 2.41. The Kier molecular flexibility index (Phi) is 11.5. The van der Waals surface area contributed by atoms with E-state index in [1.54, 1.807) is 0 Å². The van der Waals surface area contributed by atoms with Crippen LogP contribution >= 0.6 is 0 Å². The quantitative estimate of drug-likeness (QED) is 0.290. The van der Waals surface area contributed by atoms with E-state index in [0.717, 1.165) is 0 Å². The first-order valence-electron chi connectivity index (χ1n) is 8.18. The maximum Gasteiger partial charge on any atom is 0.349 e. The van der Waals surface area contributed by atoms with Crippen molar-refractivity contribution in [3.05, 3.63) is 85.6 Å². The lowest BCUT2D eigenvalue weighted by molar-refractivity contribution is -0.184. The summed E-state index contributed by atoms with van der Waals surface area (Å²) in [6.45, 7) is 11.8. The van der Waals surface area contributed by atoms with Crippen LogP contribution < -0.4 is 0 Å². The lowest BCUT2D eigenvalue weighted by atomic mass is 10.1. The number of aliphatic carboxylic acids is 2. The van der Waals surface area contributed by atoms with Gasteiger partial charge in [-0.2, -0.15) is 0 Å². The molecule has 0 unspecified atom stereocenters. The van der Waals surface area contributed by atoms with Gasteiger partial charge >= 0.3 is 23.9 Å². The van der Waals surface area contributed by atoms with Crippen LogP contribution in [0.4, 0.5) is 0 Å². The summed E-state index contributed by atoms with van der Waals surface area (Å²) in [5.41, 5.74) is -0.169. The molecular formula is C21H22O8. The second-order valence-corrected chi connectivity index (χ2v) is 5.12. The van der Waals surface area contributed by atoms with E-state index >= 15 is 0 Å². The van der Waals surface area contributed by atoms with Crippen LogP contribution in [0.3, 0.4) is 0 Å². The van der Waals surface area contributed by atoms with Gasteiger partial charge in [0.05, 0.1) is 11.1 Å². The van der Waals surface area contributed by atoms with Crippen molar-refractivity contribution in [2.45, 2.75) is 19.1 Å². The molecular weight excluding hydrogens is 380 g/mol. The summed E-state index contributed by atoms with van der Waals surface area (Å²) in [6.07, 6.45) is 7.28. The van der Waals surface area contributed by atoms with E-state index < -0.39 is 36.1 Å². The largest absolute Gasteiger partial charge is 0.478 e. The molecule has 0 rings (SSSR count). The lowest BCUT2D eigenvalue weighted by Crippen LogP contribution is -2.46. The first kappa shape index (κ1) is 25.1. The molecule has 0 fully saturated rings. The van der Waals surface area contributed by atoms with Crippen molar-refractivity contribution in [1.82, 2.24) is 0 Å². The molecule has 0 radical (unpaired) electrons. The Morgan fingerprint density at radius 1 is 0.759 bits per heavy atom. The molecule has 8 nitrogen and oxygen atoms in total. The normalized spacial score (nSPS) is 14.1. The van der Waals surface area contributed by atoms with Crippen LogP contribution in [0.25, 0.3) is 0 Å². The van der Waals surface area contributed by atoms with Crippen LogP contribution in [0.5, 0.6) is 0 Å². The Bertz CT molecular complexity index is 795. The molecule has 2 atom stereocenters. The number of carboxylic acids is 2. The molecule has 0 saturated heterocycles. The fraction of sp³-hybridized carbons (Fsp3) is 0.143. The molecule has 0 aromatic heterocycles. The molecule has 0 bridgehead atoms. The Hall–Kier alpha value is -3.94. The molecule has 0 aromatic carbocycles. The minimum atomic E-state index is -2.30. The topological polar surface area (TPSA) is 127 Å². The van der Waals surface area contributed by atoms with Crippen LogP contribution in [-0.4, -0.2) is 46.3 Å². The van der Waals surface area contributed by atoms with Gasteiger partial charge in [-0.1, -0.05) is 56.2 Å². The van der Waals surface area contributed by atoms with Crippen LogP contribution in [0.2, 0.25) is 0 Å². The van der Waals surface area contributed by atoms with Crippen LogP contribution in [0.1, 0.15) is 6.92 Å². The molecule has 0 heterocycles. The van der Waals surface area contributed by atoms with Gasteiger partial charge in [0.25, 0.3) is 0 Å². The predicted molar refractivity (Wildman–Crippen MR) is 106 cm³/mol. The van der Waals surface area contributed by atoms with Gasteiger partial charge in [0, 0.05) is 0 Å². The Morgan fingerprint density at radius 3 is 1.52 bits per heavy atom. The minimum absolute atomic E-state index is 0.0484. The number of allylic oxidation sites excluding steroid dienone is 7. The Morgan fingerprint density at radius 2 is 1.17 bits per heavy atom. The minimum Gasteiger partial charge on any atom is -0.478 e. The summed E-state index contributed by atoms with van der Waals surface area (Å²) in [5.74, 6) is -5.89. The van der Waals surface area contributed by atoms with Gasteiger partial charge in [0.2, 0.25) is 12.2 Å². The zero-order chi connectivity index (χ0) is 22.4. The molecule has 0 aromatic rings. The first-order chi connectivity index (χ1) is 13.7. The number of ether oxygens (including phenoxy) is 2. The number of hydrogen-bond donors (Lipinski definition) is 2. The van der Waals surface area contributed by atoms with E-state index in [-0.39, 0.29) is 11.1 Å². The molecule has 0 aliphatic rings. The summed E-state index contributed by atoms with van der Waals surface area (Å²) in [4.78, 5) is 47.4. The lowest BCUT2D eigenvalue weighted by Gasteiger charge is -2.21. The molecule has 0 saturated carbocycles. The zero-order valence-corrected chi connectivity index (χ0v) is 15.8. The molecule has 0 aliphatic heterocycles. The Labute approximate surface area is 168 Å². The molecule has 29 heavy (non-hydrogen) atoms. The predicted octanol–water partition coefficient (Wildman–Crippen LogP) is 2.52. The number of esters is 2. The second kappa shape index (κ2) is 13.3. The molecule has 2 N–H and O–H groups in total. The van der Waals surface area contributed by atoms with Gasteiger partial charge in [0.1, 0.15) is 0 Å². The number of carbonyl (C=O) groups excluding carboxylic acids is 2. The van der Waals surface area contributed by atoms with Gasteiger partial charge < -0.3 is 19.7 Å². The standard InChI is InChI=1S/C21H22O8/c1-5-9-12-14(8-4)20(26)28-16(18(22)23)17(19(24)25)29-21(27)15(11-7-3)13-10-6-2/h5-13,16-17H,1-3H2,4H3,(H,22,23)(H,24,25)/b12-9-,13-10-,14-8+,15-11+/t16-,17-/m0/s1. The summed E-state index contributed by atoms with van der Waals surface area (Å²) >= 11 is 0. The summed E-state index contributed by atoms with van der Waals surface area (Å²) in [7, 11) is 0. The summed E-state index contributed by atoms with van der Waals surface area (Å²) < 4.78 is 9.57. The molecule has 0 spiro atoms. The average Bonchev–Trinajstić information content (AvgIpc) is 2.67. The smallest absolute Gasteiger partial charge is 0.349 e. The summed E-state index contributed by atoms with van der Waals surface area (Å²) in [6, 6.07) is 0. The van der Waals surface area contributed by atoms with Gasteiger partial charge in [-0.25, -0.2) is 19.2 Å². The van der Waals surface area contributed by atoms with Gasteiger partial charge in [0.15, 0.2) is 0 Å². The average molecular weight is 402 g/mol. The third kappa shape index (κ3) is 8.53. The van der Waals surface area contributed by atoms with E-state index in [0.29, 0.717) is 0 Å².